The summed E-state index contributed by atoms with van der Waals surface area (Å²) in [5.74, 6) is 0.399. The molecule has 0 radical (unpaired) electrons. The fourth-order valence-corrected chi connectivity index (χ4v) is 3.16. The van der Waals surface area contributed by atoms with E-state index in [4.69, 9.17) is 23.2 Å². The van der Waals surface area contributed by atoms with Gasteiger partial charge in [0.05, 0.1) is 10.0 Å². The van der Waals surface area contributed by atoms with Crippen LogP contribution in [0.5, 0.6) is 0 Å². The van der Waals surface area contributed by atoms with E-state index in [2.05, 4.69) is 47.1 Å². The van der Waals surface area contributed by atoms with Crippen molar-refractivity contribution in [1.29, 1.82) is 0 Å². The second kappa shape index (κ2) is 6.78. The summed E-state index contributed by atoms with van der Waals surface area (Å²) in [4.78, 5) is 0. The van der Waals surface area contributed by atoms with Gasteiger partial charge in [-0.15, -0.1) is 0 Å². The molecule has 0 aliphatic heterocycles. The third-order valence-electron chi connectivity index (χ3n) is 3.20. The van der Waals surface area contributed by atoms with E-state index in [9.17, 15) is 0 Å². The Morgan fingerprint density at radius 3 is 2.53 bits per heavy atom. The minimum atomic E-state index is 0.399. The molecule has 2 aromatic rings. The summed E-state index contributed by atoms with van der Waals surface area (Å²) in [7, 11) is 0. The fourth-order valence-electron chi connectivity index (χ4n) is 2.16. The number of rotatable bonds is 4. The predicted octanol–water partition coefficient (Wildman–Crippen LogP) is 6.02. The van der Waals surface area contributed by atoms with Crippen molar-refractivity contribution in [3.05, 3.63) is 69.2 Å². The van der Waals surface area contributed by atoms with E-state index < -0.39 is 0 Å². The third kappa shape index (κ3) is 3.75. The van der Waals surface area contributed by atoms with E-state index in [1.165, 1.54) is 11.1 Å². The molecule has 0 heterocycles. The number of benzene rings is 2. The van der Waals surface area contributed by atoms with E-state index in [1.54, 1.807) is 0 Å². The molecule has 2 rings (SSSR count). The lowest BCUT2D eigenvalue weighted by Crippen LogP contribution is -2.05. The van der Waals surface area contributed by atoms with E-state index >= 15 is 0 Å². The lowest BCUT2D eigenvalue weighted by molar-refractivity contribution is 0.775. The van der Waals surface area contributed by atoms with Crippen LogP contribution in [0.15, 0.2) is 42.5 Å². The number of hydrogen-bond acceptors (Lipinski definition) is 0. The highest BCUT2D eigenvalue weighted by molar-refractivity contribution is 9.09. The summed E-state index contributed by atoms with van der Waals surface area (Å²) >= 11 is 15.9. The summed E-state index contributed by atoms with van der Waals surface area (Å²) in [5.41, 5.74) is 3.70. The molecular weight excluding hydrogens is 343 g/mol. The molecule has 0 saturated carbocycles. The summed E-state index contributed by atoms with van der Waals surface area (Å²) in [6.07, 6.45) is 0.883. The van der Waals surface area contributed by atoms with Gasteiger partial charge in [-0.25, -0.2) is 0 Å². The average Bonchev–Trinajstić information content (AvgIpc) is 2.40. The van der Waals surface area contributed by atoms with Gasteiger partial charge >= 0.3 is 0 Å². The third-order valence-corrected chi connectivity index (χ3v) is 4.84. The largest absolute Gasteiger partial charge is 0.0921 e. The van der Waals surface area contributed by atoms with Crippen molar-refractivity contribution in [2.75, 3.05) is 5.33 Å². The first-order chi connectivity index (χ1) is 9.11. The number of aryl methyl sites for hydroxylation is 1. The first-order valence-electron chi connectivity index (χ1n) is 6.17. The molecule has 0 saturated heterocycles. The molecule has 0 fully saturated rings. The maximum absolute atomic E-state index is 6.27. The Morgan fingerprint density at radius 2 is 1.84 bits per heavy atom. The predicted molar refractivity (Wildman–Crippen MR) is 87.9 cm³/mol. The van der Waals surface area contributed by atoms with E-state index in [1.807, 2.05) is 18.2 Å². The summed E-state index contributed by atoms with van der Waals surface area (Å²) < 4.78 is 0. The zero-order valence-corrected chi connectivity index (χ0v) is 13.8. The van der Waals surface area contributed by atoms with Gasteiger partial charge < -0.3 is 0 Å². The zero-order valence-electron chi connectivity index (χ0n) is 10.7. The topological polar surface area (TPSA) is 0 Å². The summed E-state index contributed by atoms with van der Waals surface area (Å²) in [5, 5.41) is 2.19. The fraction of sp³-hybridized carbons (Fsp3) is 0.250. The molecule has 0 spiro atoms. The Hall–Kier alpha value is -0.500. The van der Waals surface area contributed by atoms with Gasteiger partial charge in [-0.3, -0.25) is 0 Å². The van der Waals surface area contributed by atoms with Crippen molar-refractivity contribution in [2.45, 2.75) is 19.3 Å². The van der Waals surface area contributed by atoms with Gasteiger partial charge in [0.1, 0.15) is 0 Å². The Balaban J connectivity index is 2.26. The number of alkyl halides is 1. The monoisotopic (exact) mass is 356 g/mol. The first-order valence-corrected chi connectivity index (χ1v) is 8.05. The molecule has 0 aliphatic carbocycles. The first kappa shape index (κ1) is 14.9. The van der Waals surface area contributed by atoms with E-state index in [0.717, 1.165) is 17.3 Å². The quantitative estimate of drug-likeness (QED) is 0.586. The molecule has 0 N–H and O–H groups in total. The van der Waals surface area contributed by atoms with Crippen LogP contribution in [0.3, 0.4) is 0 Å². The van der Waals surface area contributed by atoms with Crippen LogP contribution in [0.2, 0.25) is 10.0 Å². The van der Waals surface area contributed by atoms with Crippen LogP contribution in [0.1, 0.15) is 22.6 Å². The molecule has 0 amide bonds. The van der Waals surface area contributed by atoms with Crippen LogP contribution < -0.4 is 0 Å². The van der Waals surface area contributed by atoms with Crippen molar-refractivity contribution in [3.63, 3.8) is 0 Å². The molecule has 0 nitrogen and oxygen atoms in total. The molecule has 0 bridgehead atoms. The Labute approximate surface area is 132 Å². The van der Waals surface area contributed by atoms with Gasteiger partial charge in [0.2, 0.25) is 0 Å². The van der Waals surface area contributed by atoms with Crippen LogP contribution >= 0.6 is 39.1 Å². The SMILES string of the molecule is Cc1cccc(C(CBr)Cc2cccc(Cl)c2Cl)c1. The Kier molecular flexibility index (Phi) is 5.32. The molecule has 100 valence electrons. The van der Waals surface area contributed by atoms with Crippen LogP contribution in [-0.4, -0.2) is 5.33 Å². The molecule has 0 aliphatic rings. The minimum Gasteiger partial charge on any atom is -0.0921 e. The van der Waals surface area contributed by atoms with Crippen LogP contribution in [0, 0.1) is 6.92 Å². The molecule has 19 heavy (non-hydrogen) atoms. The number of halogens is 3. The van der Waals surface area contributed by atoms with Gasteiger partial charge in [0.15, 0.2) is 0 Å². The molecule has 1 unspecified atom stereocenters. The van der Waals surface area contributed by atoms with E-state index in [-0.39, 0.29) is 0 Å². The van der Waals surface area contributed by atoms with Gasteiger partial charge in [-0.05, 0) is 36.5 Å². The molecule has 3 heteroatoms. The van der Waals surface area contributed by atoms with Crippen molar-refractivity contribution in [3.8, 4) is 0 Å². The van der Waals surface area contributed by atoms with Crippen LogP contribution in [-0.2, 0) is 6.42 Å². The standard InChI is InChI=1S/C16H15BrCl2/c1-11-4-2-5-12(8-11)14(10-17)9-13-6-3-7-15(18)16(13)19/h2-8,14H,9-10H2,1H3. The highest BCUT2D eigenvalue weighted by Crippen LogP contribution is 2.31. The highest BCUT2D eigenvalue weighted by atomic mass is 79.9. The number of hydrogen-bond donors (Lipinski definition) is 0. The van der Waals surface area contributed by atoms with Crippen molar-refractivity contribution in [1.82, 2.24) is 0 Å². The van der Waals surface area contributed by atoms with Crippen molar-refractivity contribution in [2.24, 2.45) is 0 Å². The van der Waals surface area contributed by atoms with Crippen molar-refractivity contribution < 1.29 is 0 Å². The minimum absolute atomic E-state index is 0.399. The normalized spacial score (nSPS) is 12.4. The van der Waals surface area contributed by atoms with Gasteiger partial charge in [-0.2, -0.15) is 0 Å². The second-order valence-electron chi connectivity index (χ2n) is 4.68. The smallest absolute Gasteiger partial charge is 0.0624 e. The van der Waals surface area contributed by atoms with Crippen molar-refractivity contribution >= 4 is 39.1 Å². The average molecular weight is 358 g/mol. The summed E-state index contributed by atoms with van der Waals surface area (Å²) in [6, 6.07) is 14.4. The Bertz CT molecular complexity index is 566. The van der Waals surface area contributed by atoms with Crippen LogP contribution in [0.4, 0.5) is 0 Å². The molecule has 1 atom stereocenters. The molecular formula is C16H15BrCl2. The van der Waals surface area contributed by atoms with Gasteiger partial charge in [-0.1, -0.05) is 81.1 Å². The van der Waals surface area contributed by atoms with E-state index in [0.29, 0.717) is 16.0 Å². The maximum Gasteiger partial charge on any atom is 0.0624 e. The van der Waals surface area contributed by atoms with Gasteiger partial charge in [0.25, 0.3) is 0 Å². The second-order valence-corrected chi connectivity index (χ2v) is 6.12. The Morgan fingerprint density at radius 1 is 1.11 bits per heavy atom. The molecule has 0 aromatic heterocycles. The maximum atomic E-state index is 6.27. The molecule has 2 aromatic carbocycles. The summed E-state index contributed by atoms with van der Waals surface area (Å²) in [6.45, 7) is 2.11. The van der Waals surface area contributed by atoms with Gasteiger partial charge in [0, 0.05) is 5.33 Å². The van der Waals surface area contributed by atoms with Crippen LogP contribution in [0.25, 0.3) is 0 Å². The lowest BCUT2D eigenvalue weighted by atomic mass is 9.93. The zero-order chi connectivity index (χ0) is 13.8. The lowest BCUT2D eigenvalue weighted by Gasteiger charge is -2.16. The highest BCUT2D eigenvalue weighted by Gasteiger charge is 2.14.